The van der Waals surface area contributed by atoms with E-state index in [0.29, 0.717) is 17.9 Å². The van der Waals surface area contributed by atoms with Crippen molar-refractivity contribution in [3.05, 3.63) is 35.4 Å². The van der Waals surface area contributed by atoms with Gasteiger partial charge in [-0.25, -0.2) is 9.59 Å². The Morgan fingerprint density at radius 2 is 1.71 bits per heavy atom. The van der Waals surface area contributed by atoms with Crippen LogP contribution in [0, 0.1) is 0 Å². The number of rotatable bonds is 7. The van der Waals surface area contributed by atoms with E-state index < -0.39 is 17.7 Å². The SMILES string of the molecule is CC1(C)OC(=O)C(=Cc2ccccc2OCCCCN2CCCCC2)C(=O)O1. The molecule has 0 bridgehead atoms. The van der Waals surface area contributed by atoms with Gasteiger partial charge >= 0.3 is 11.9 Å². The van der Waals surface area contributed by atoms with Crippen molar-refractivity contribution >= 4 is 18.0 Å². The zero-order valence-corrected chi connectivity index (χ0v) is 16.7. The van der Waals surface area contributed by atoms with Crippen LogP contribution in [0.15, 0.2) is 29.8 Å². The number of cyclic esters (lactones) is 2. The van der Waals surface area contributed by atoms with Crippen LogP contribution in [0.4, 0.5) is 0 Å². The number of carbonyl (C=O) groups excluding carboxylic acids is 2. The number of ether oxygens (including phenoxy) is 3. The Kier molecular flexibility index (Phi) is 6.73. The van der Waals surface area contributed by atoms with E-state index in [1.807, 2.05) is 18.2 Å². The van der Waals surface area contributed by atoms with Gasteiger partial charge in [0.2, 0.25) is 0 Å². The molecule has 0 amide bonds. The Balaban J connectivity index is 1.55. The Labute approximate surface area is 166 Å². The Morgan fingerprint density at radius 1 is 1.04 bits per heavy atom. The number of piperidine rings is 1. The van der Waals surface area contributed by atoms with E-state index in [1.54, 1.807) is 6.07 Å². The van der Waals surface area contributed by atoms with E-state index in [-0.39, 0.29) is 5.57 Å². The zero-order valence-electron chi connectivity index (χ0n) is 16.7. The van der Waals surface area contributed by atoms with Gasteiger partial charge in [0.15, 0.2) is 0 Å². The third kappa shape index (κ3) is 5.58. The van der Waals surface area contributed by atoms with E-state index in [1.165, 1.54) is 52.3 Å². The highest BCUT2D eigenvalue weighted by Crippen LogP contribution is 2.27. The summed E-state index contributed by atoms with van der Waals surface area (Å²) in [5, 5.41) is 0. The van der Waals surface area contributed by atoms with Gasteiger partial charge in [-0.05, 0) is 57.5 Å². The summed E-state index contributed by atoms with van der Waals surface area (Å²) in [6.45, 7) is 7.18. The van der Waals surface area contributed by atoms with E-state index in [4.69, 9.17) is 14.2 Å². The van der Waals surface area contributed by atoms with Crippen LogP contribution >= 0.6 is 0 Å². The molecule has 0 aliphatic carbocycles. The lowest BCUT2D eigenvalue weighted by Crippen LogP contribution is -2.41. The number of unbranched alkanes of at least 4 members (excludes halogenated alkanes) is 1. The summed E-state index contributed by atoms with van der Waals surface area (Å²) in [6.07, 6.45) is 7.49. The van der Waals surface area contributed by atoms with E-state index in [2.05, 4.69) is 4.90 Å². The van der Waals surface area contributed by atoms with Gasteiger partial charge in [0, 0.05) is 19.4 Å². The summed E-state index contributed by atoms with van der Waals surface area (Å²) in [6, 6.07) is 7.33. The molecule has 2 fully saturated rings. The summed E-state index contributed by atoms with van der Waals surface area (Å²) in [7, 11) is 0. The minimum atomic E-state index is -1.24. The fraction of sp³-hybridized carbons (Fsp3) is 0.545. The molecule has 0 saturated carbocycles. The number of nitrogens with zero attached hydrogens (tertiary/aromatic N) is 1. The smallest absolute Gasteiger partial charge is 0.348 e. The maximum Gasteiger partial charge on any atom is 0.348 e. The van der Waals surface area contributed by atoms with Crippen molar-refractivity contribution in [3.8, 4) is 5.75 Å². The predicted octanol–water partition coefficient (Wildman–Crippen LogP) is 3.55. The fourth-order valence-corrected chi connectivity index (χ4v) is 3.47. The molecule has 2 heterocycles. The molecule has 0 atom stereocenters. The molecule has 1 aromatic rings. The largest absolute Gasteiger partial charge is 0.493 e. The lowest BCUT2D eigenvalue weighted by Gasteiger charge is -2.29. The Morgan fingerprint density at radius 3 is 2.43 bits per heavy atom. The van der Waals surface area contributed by atoms with Crippen molar-refractivity contribution in [2.24, 2.45) is 0 Å². The van der Waals surface area contributed by atoms with E-state index >= 15 is 0 Å². The molecule has 6 nitrogen and oxygen atoms in total. The van der Waals surface area contributed by atoms with Gasteiger partial charge in [-0.1, -0.05) is 24.6 Å². The molecule has 2 aliphatic rings. The van der Waals surface area contributed by atoms with Crippen LogP contribution in [0.5, 0.6) is 5.75 Å². The van der Waals surface area contributed by atoms with E-state index in [0.717, 1.165) is 19.4 Å². The number of para-hydroxylation sites is 1. The Hall–Kier alpha value is -2.34. The van der Waals surface area contributed by atoms with Crippen molar-refractivity contribution in [3.63, 3.8) is 0 Å². The summed E-state index contributed by atoms with van der Waals surface area (Å²) < 4.78 is 16.2. The third-order valence-electron chi connectivity index (χ3n) is 4.91. The average molecular weight is 387 g/mol. The molecule has 2 saturated heterocycles. The van der Waals surface area contributed by atoms with Crippen LogP contribution in [-0.4, -0.2) is 48.9 Å². The normalized spacial score (nSPS) is 19.7. The number of carbonyl (C=O) groups is 2. The maximum atomic E-state index is 12.1. The summed E-state index contributed by atoms with van der Waals surface area (Å²) in [5.41, 5.74) is 0.530. The van der Waals surface area contributed by atoms with Gasteiger partial charge in [-0.3, -0.25) is 0 Å². The molecule has 0 aromatic heterocycles. The highest BCUT2D eigenvalue weighted by Gasteiger charge is 2.38. The average Bonchev–Trinajstić information content (AvgIpc) is 2.65. The van der Waals surface area contributed by atoms with Crippen molar-refractivity contribution in [2.75, 3.05) is 26.2 Å². The first-order valence-electron chi connectivity index (χ1n) is 10.1. The molecule has 0 N–H and O–H groups in total. The molecule has 6 heteroatoms. The first-order chi connectivity index (χ1) is 13.4. The van der Waals surface area contributed by atoms with Crippen LogP contribution in [0.3, 0.4) is 0 Å². The van der Waals surface area contributed by atoms with Crippen molar-refractivity contribution in [2.45, 2.75) is 51.7 Å². The monoisotopic (exact) mass is 387 g/mol. The van der Waals surface area contributed by atoms with Gasteiger partial charge < -0.3 is 19.1 Å². The second-order valence-corrected chi connectivity index (χ2v) is 7.73. The van der Waals surface area contributed by atoms with Gasteiger partial charge in [-0.15, -0.1) is 0 Å². The summed E-state index contributed by atoms with van der Waals surface area (Å²) >= 11 is 0. The van der Waals surface area contributed by atoms with Crippen molar-refractivity contribution in [1.29, 1.82) is 0 Å². The molecular formula is C22H29NO5. The second-order valence-electron chi connectivity index (χ2n) is 7.73. The van der Waals surface area contributed by atoms with E-state index in [9.17, 15) is 9.59 Å². The quantitative estimate of drug-likeness (QED) is 0.309. The number of esters is 2. The molecule has 1 aromatic carbocycles. The highest BCUT2D eigenvalue weighted by atomic mass is 16.7. The first-order valence-corrected chi connectivity index (χ1v) is 10.1. The molecule has 3 rings (SSSR count). The fourth-order valence-electron chi connectivity index (χ4n) is 3.47. The summed E-state index contributed by atoms with van der Waals surface area (Å²) in [4.78, 5) is 26.8. The first kappa shape index (κ1) is 20.4. The molecule has 28 heavy (non-hydrogen) atoms. The number of hydrogen-bond donors (Lipinski definition) is 0. The van der Waals surface area contributed by atoms with Gasteiger partial charge in [-0.2, -0.15) is 0 Å². The lowest BCUT2D eigenvalue weighted by atomic mass is 10.1. The number of hydrogen-bond acceptors (Lipinski definition) is 6. The van der Waals surface area contributed by atoms with Crippen LogP contribution < -0.4 is 4.74 Å². The van der Waals surface area contributed by atoms with Crippen molar-refractivity contribution < 1.29 is 23.8 Å². The molecule has 0 unspecified atom stereocenters. The van der Waals surface area contributed by atoms with Gasteiger partial charge in [0.1, 0.15) is 11.3 Å². The van der Waals surface area contributed by atoms with Crippen LogP contribution in [0.25, 0.3) is 6.08 Å². The maximum absolute atomic E-state index is 12.1. The van der Waals surface area contributed by atoms with Gasteiger partial charge in [0.05, 0.1) is 6.61 Å². The minimum Gasteiger partial charge on any atom is -0.493 e. The number of likely N-dealkylation sites (tertiary alicyclic amines) is 1. The Bertz CT molecular complexity index is 712. The molecule has 2 aliphatic heterocycles. The highest BCUT2D eigenvalue weighted by molar-refractivity contribution is 6.19. The van der Waals surface area contributed by atoms with Crippen LogP contribution in [0.1, 0.15) is 51.5 Å². The standard InChI is InChI=1S/C22H29NO5/c1-22(2)27-20(24)18(21(25)28-22)16-17-10-4-5-11-19(17)26-15-9-8-14-23-12-6-3-7-13-23/h4-5,10-11,16H,3,6-9,12-15H2,1-2H3. The molecule has 0 spiro atoms. The predicted molar refractivity (Wildman–Crippen MR) is 106 cm³/mol. The molecule has 0 radical (unpaired) electrons. The molecule has 152 valence electrons. The zero-order chi connectivity index (χ0) is 20.0. The van der Waals surface area contributed by atoms with Crippen LogP contribution in [0.2, 0.25) is 0 Å². The van der Waals surface area contributed by atoms with Crippen molar-refractivity contribution in [1.82, 2.24) is 4.90 Å². The molecular weight excluding hydrogens is 358 g/mol. The lowest BCUT2D eigenvalue weighted by molar-refractivity contribution is -0.222. The van der Waals surface area contributed by atoms with Gasteiger partial charge in [0.25, 0.3) is 5.79 Å². The van der Waals surface area contributed by atoms with Crippen LogP contribution in [-0.2, 0) is 19.1 Å². The third-order valence-corrected chi connectivity index (χ3v) is 4.91. The summed E-state index contributed by atoms with van der Waals surface area (Å²) in [5.74, 6) is -1.97. The minimum absolute atomic E-state index is 0.125. The second kappa shape index (κ2) is 9.24. The topological polar surface area (TPSA) is 65.1 Å². The number of benzene rings is 1.